The van der Waals surface area contributed by atoms with Crippen LogP contribution in [0.4, 0.5) is 17.6 Å². The Morgan fingerprint density at radius 2 is 1.84 bits per heavy atom. The summed E-state index contributed by atoms with van der Waals surface area (Å²) < 4.78 is 85.5. The second-order valence-corrected chi connectivity index (χ2v) is 10.9. The average Bonchev–Trinajstić information content (AvgIpc) is 3.56. The van der Waals surface area contributed by atoms with Gasteiger partial charge in [0.15, 0.2) is 5.78 Å². The molecule has 0 spiro atoms. The van der Waals surface area contributed by atoms with Crippen LogP contribution in [0, 0.1) is 5.82 Å². The van der Waals surface area contributed by atoms with E-state index in [2.05, 4.69) is 4.98 Å². The smallest absolute Gasteiger partial charge is 0.433 e. The fourth-order valence-corrected chi connectivity index (χ4v) is 6.29. The van der Waals surface area contributed by atoms with Crippen molar-refractivity contribution < 1.29 is 35.2 Å². The molecule has 5 rings (SSSR count). The quantitative estimate of drug-likeness (QED) is 0.265. The zero-order valence-corrected chi connectivity index (χ0v) is 20.7. The molecule has 1 saturated heterocycles. The maximum atomic E-state index is 14.1. The molecular weight excluding hydrogens is 524 g/mol. The second kappa shape index (κ2) is 9.95. The first kappa shape index (κ1) is 26.1. The van der Waals surface area contributed by atoms with E-state index in [0.717, 1.165) is 28.2 Å². The van der Waals surface area contributed by atoms with Gasteiger partial charge >= 0.3 is 6.18 Å². The second-order valence-electron chi connectivity index (χ2n) is 9.09. The average molecular weight is 547 g/mol. The monoisotopic (exact) mass is 546 g/mol. The summed E-state index contributed by atoms with van der Waals surface area (Å²) in [5, 5.41) is -0.355. The number of benzene rings is 2. The minimum atomic E-state index is -4.52. The minimum absolute atomic E-state index is 0.0521. The van der Waals surface area contributed by atoms with Gasteiger partial charge in [0, 0.05) is 30.8 Å². The highest BCUT2D eigenvalue weighted by Crippen LogP contribution is 2.32. The normalized spacial score (nSPS) is 16.8. The number of rotatable bonds is 7. The number of aromatic nitrogens is 1. The number of sulfonamides is 1. The van der Waals surface area contributed by atoms with Crippen molar-refractivity contribution in [3.8, 4) is 11.1 Å². The van der Waals surface area contributed by atoms with Crippen molar-refractivity contribution in [3.63, 3.8) is 0 Å². The molecule has 11 heteroatoms. The van der Waals surface area contributed by atoms with E-state index < -0.39 is 38.8 Å². The number of carbonyl (C=O) groups is 1. The summed E-state index contributed by atoms with van der Waals surface area (Å²) in [6, 6.07) is 13.7. The number of halogens is 4. The third-order valence-corrected chi connectivity index (χ3v) is 8.36. The number of aryl methyl sites for hydroxylation is 1. The Morgan fingerprint density at radius 3 is 2.55 bits per heavy atom. The van der Waals surface area contributed by atoms with E-state index >= 15 is 0 Å². The SMILES string of the molecule is O=C(CCc1cccc(-c2ccc(C(F)(F)F)nc2)c1)[C@@H]1CCCN1S(=O)(=O)c1cc2c(F)cccc2o1. The van der Waals surface area contributed by atoms with E-state index in [-0.39, 0.29) is 29.7 Å². The summed E-state index contributed by atoms with van der Waals surface area (Å²) in [4.78, 5) is 16.6. The van der Waals surface area contributed by atoms with Crippen molar-refractivity contribution in [2.24, 2.45) is 0 Å². The molecule has 2 aromatic heterocycles. The van der Waals surface area contributed by atoms with Crippen molar-refractivity contribution in [1.82, 2.24) is 9.29 Å². The number of alkyl halides is 3. The molecule has 1 atom stereocenters. The van der Waals surface area contributed by atoms with Crippen LogP contribution in [-0.2, 0) is 27.4 Å². The lowest BCUT2D eigenvalue weighted by Gasteiger charge is -2.21. The highest BCUT2D eigenvalue weighted by atomic mass is 32.2. The van der Waals surface area contributed by atoms with Gasteiger partial charge in [-0.1, -0.05) is 36.4 Å². The van der Waals surface area contributed by atoms with Crippen molar-refractivity contribution in [1.29, 1.82) is 0 Å². The summed E-state index contributed by atoms with van der Waals surface area (Å²) in [7, 11) is -4.16. The third-order valence-electron chi connectivity index (χ3n) is 6.60. The van der Waals surface area contributed by atoms with Crippen LogP contribution in [0.25, 0.3) is 22.1 Å². The van der Waals surface area contributed by atoms with Crippen LogP contribution in [0.15, 0.2) is 76.4 Å². The molecule has 0 amide bonds. The fourth-order valence-electron chi connectivity index (χ4n) is 4.67. The first-order valence-corrected chi connectivity index (χ1v) is 13.3. The topological polar surface area (TPSA) is 80.5 Å². The van der Waals surface area contributed by atoms with Crippen LogP contribution in [0.5, 0.6) is 0 Å². The first-order valence-electron chi connectivity index (χ1n) is 11.9. The first-order chi connectivity index (χ1) is 18.0. The lowest BCUT2D eigenvalue weighted by atomic mass is 9.99. The fraction of sp³-hybridized carbons (Fsp3) is 0.259. The zero-order chi connectivity index (χ0) is 27.1. The third kappa shape index (κ3) is 5.08. The van der Waals surface area contributed by atoms with E-state index in [1.165, 1.54) is 24.3 Å². The number of Topliss-reactive ketones (excluding diaryl/α,β-unsaturated/α-hetero) is 1. The number of ketones is 1. The van der Waals surface area contributed by atoms with Gasteiger partial charge in [-0.05, 0) is 48.6 Å². The molecule has 38 heavy (non-hydrogen) atoms. The Kier molecular flexibility index (Phi) is 6.83. The number of furan rings is 1. The van der Waals surface area contributed by atoms with E-state index in [9.17, 15) is 30.8 Å². The van der Waals surface area contributed by atoms with Gasteiger partial charge in [-0.2, -0.15) is 17.5 Å². The van der Waals surface area contributed by atoms with Gasteiger partial charge in [-0.25, -0.2) is 12.8 Å². The van der Waals surface area contributed by atoms with Gasteiger partial charge < -0.3 is 4.42 Å². The molecule has 1 aliphatic rings. The Balaban J connectivity index is 1.29. The molecule has 0 aliphatic carbocycles. The van der Waals surface area contributed by atoms with Crippen molar-refractivity contribution >= 4 is 26.8 Å². The van der Waals surface area contributed by atoms with Crippen LogP contribution >= 0.6 is 0 Å². The summed E-state index contributed by atoms with van der Waals surface area (Å²) in [5.41, 5.74) is 1.05. The minimum Gasteiger partial charge on any atom is -0.443 e. The zero-order valence-electron chi connectivity index (χ0n) is 19.9. The van der Waals surface area contributed by atoms with Gasteiger partial charge in [-0.3, -0.25) is 9.78 Å². The number of carbonyl (C=O) groups excluding carboxylic acids is 1. The molecule has 0 N–H and O–H groups in total. The summed E-state index contributed by atoms with van der Waals surface area (Å²) in [6.45, 7) is 0.147. The Morgan fingerprint density at radius 1 is 1.05 bits per heavy atom. The number of hydrogen-bond acceptors (Lipinski definition) is 5. The highest BCUT2D eigenvalue weighted by Gasteiger charge is 2.40. The Labute approximate surface area is 215 Å². The summed E-state index contributed by atoms with van der Waals surface area (Å²) in [6.07, 6.45) is -2.12. The predicted octanol–water partition coefficient (Wildman–Crippen LogP) is 6.01. The molecule has 2 aromatic carbocycles. The summed E-state index contributed by atoms with van der Waals surface area (Å²) >= 11 is 0. The largest absolute Gasteiger partial charge is 0.443 e. The van der Waals surface area contributed by atoms with Crippen molar-refractivity contribution in [3.05, 3.63) is 83.9 Å². The molecule has 6 nitrogen and oxygen atoms in total. The molecule has 0 bridgehead atoms. The number of pyridine rings is 1. The summed E-state index contributed by atoms with van der Waals surface area (Å²) in [5.74, 6) is -0.856. The van der Waals surface area contributed by atoms with Gasteiger partial charge in [-0.15, -0.1) is 0 Å². The molecule has 0 unspecified atom stereocenters. The number of fused-ring (bicyclic) bond motifs is 1. The lowest BCUT2D eigenvalue weighted by molar-refractivity contribution is -0.141. The van der Waals surface area contributed by atoms with Crippen molar-refractivity contribution in [2.45, 2.75) is 43.0 Å². The molecule has 4 aromatic rings. The standard InChI is InChI=1S/C27H22F4N2O4S/c28-21-6-2-8-24-20(21)15-26(37-24)38(35,36)33-13-3-7-22(33)23(34)11-9-17-4-1-5-18(14-17)19-10-12-25(32-16-19)27(29,30)31/h1-2,4-6,8,10,12,14-16,22H,3,7,9,11,13H2/t22-/m0/s1. The number of hydrogen-bond donors (Lipinski definition) is 0. The maximum Gasteiger partial charge on any atom is 0.433 e. The number of nitrogens with zero attached hydrogens (tertiary/aromatic N) is 2. The Bertz CT molecular complexity index is 1600. The highest BCUT2D eigenvalue weighted by molar-refractivity contribution is 7.89. The predicted molar refractivity (Wildman–Crippen MR) is 131 cm³/mol. The Hall–Kier alpha value is -3.57. The van der Waals surface area contributed by atoms with Gasteiger partial charge in [0.05, 0.1) is 11.4 Å². The van der Waals surface area contributed by atoms with Crippen molar-refractivity contribution in [2.75, 3.05) is 6.54 Å². The van der Waals surface area contributed by atoms with Crippen LogP contribution in [-0.4, -0.2) is 36.1 Å². The molecule has 198 valence electrons. The van der Waals surface area contributed by atoms with Crippen LogP contribution in [0.2, 0.25) is 0 Å². The maximum absolute atomic E-state index is 14.1. The molecular formula is C27H22F4N2O4S. The van der Waals surface area contributed by atoms with E-state index in [1.807, 2.05) is 0 Å². The van der Waals surface area contributed by atoms with Gasteiger partial charge in [0.25, 0.3) is 10.0 Å². The van der Waals surface area contributed by atoms with Crippen LogP contribution < -0.4 is 0 Å². The molecule has 0 saturated carbocycles. The molecule has 1 fully saturated rings. The molecule has 1 aliphatic heterocycles. The van der Waals surface area contributed by atoms with Crippen LogP contribution in [0.1, 0.15) is 30.5 Å². The molecule has 3 heterocycles. The van der Waals surface area contributed by atoms with E-state index in [1.54, 1.807) is 24.3 Å². The lowest BCUT2D eigenvalue weighted by Crippen LogP contribution is -2.40. The van der Waals surface area contributed by atoms with E-state index in [4.69, 9.17) is 4.42 Å². The van der Waals surface area contributed by atoms with Gasteiger partial charge in [0.2, 0.25) is 5.09 Å². The van der Waals surface area contributed by atoms with Crippen LogP contribution in [0.3, 0.4) is 0 Å². The van der Waals surface area contributed by atoms with E-state index in [0.29, 0.717) is 30.4 Å². The molecule has 0 radical (unpaired) electrons. The van der Waals surface area contributed by atoms with Gasteiger partial charge in [0.1, 0.15) is 17.1 Å².